The second-order valence-electron chi connectivity index (χ2n) is 7.46. The van der Waals surface area contributed by atoms with Crippen molar-refractivity contribution in [1.82, 2.24) is 9.88 Å². The van der Waals surface area contributed by atoms with Gasteiger partial charge in [-0.15, -0.1) is 0 Å². The smallest absolute Gasteiger partial charge is 0.232 e. The van der Waals surface area contributed by atoms with E-state index in [9.17, 15) is 9.59 Å². The lowest BCUT2D eigenvalue weighted by Gasteiger charge is -2.35. The molecule has 0 radical (unpaired) electrons. The minimum atomic E-state index is -0.0853. The first-order valence-corrected chi connectivity index (χ1v) is 10.6. The molecule has 0 saturated carbocycles. The van der Waals surface area contributed by atoms with Crippen molar-refractivity contribution in [2.75, 3.05) is 36.0 Å². The highest BCUT2D eigenvalue weighted by atomic mass is 16.2. The van der Waals surface area contributed by atoms with Crippen LogP contribution in [0, 0.1) is 0 Å². The van der Waals surface area contributed by atoms with Crippen molar-refractivity contribution >= 4 is 29.0 Å². The van der Waals surface area contributed by atoms with E-state index in [0.29, 0.717) is 13.1 Å². The molecule has 1 aliphatic rings. The lowest BCUT2D eigenvalue weighted by Crippen LogP contribution is -2.49. The number of rotatable bonds is 6. The molecule has 1 fully saturated rings. The van der Waals surface area contributed by atoms with E-state index in [-0.39, 0.29) is 24.7 Å². The standard InChI is InChI=1S/C25H26N4O2/c30-24(28-19-17-27(18-20-28)23-13-7-8-16-26-23)14-15-25(31)29(21-9-3-1-4-10-21)22-11-5-2-6-12-22/h1-13,16H,14-15,17-20H2. The minimum absolute atomic E-state index is 0.0232. The van der Waals surface area contributed by atoms with Gasteiger partial charge in [0.25, 0.3) is 0 Å². The third-order valence-electron chi connectivity index (χ3n) is 5.44. The van der Waals surface area contributed by atoms with Crippen LogP contribution in [0.3, 0.4) is 0 Å². The van der Waals surface area contributed by atoms with Gasteiger partial charge in [-0.05, 0) is 36.4 Å². The number of nitrogens with zero attached hydrogens (tertiary/aromatic N) is 4. The van der Waals surface area contributed by atoms with E-state index in [2.05, 4.69) is 9.88 Å². The van der Waals surface area contributed by atoms with E-state index >= 15 is 0 Å². The largest absolute Gasteiger partial charge is 0.353 e. The second-order valence-corrected chi connectivity index (χ2v) is 7.46. The third-order valence-corrected chi connectivity index (χ3v) is 5.44. The summed E-state index contributed by atoms with van der Waals surface area (Å²) < 4.78 is 0. The molecule has 3 aromatic rings. The van der Waals surface area contributed by atoms with Crippen molar-refractivity contribution in [3.63, 3.8) is 0 Å². The first-order valence-electron chi connectivity index (χ1n) is 10.6. The average Bonchev–Trinajstić information content (AvgIpc) is 2.85. The van der Waals surface area contributed by atoms with E-state index in [1.165, 1.54) is 0 Å². The Bertz CT molecular complexity index is 948. The van der Waals surface area contributed by atoms with Gasteiger partial charge in [-0.1, -0.05) is 42.5 Å². The van der Waals surface area contributed by atoms with Crippen LogP contribution >= 0.6 is 0 Å². The maximum Gasteiger partial charge on any atom is 0.232 e. The van der Waals surface area contributed by atoms with Crippen LogP contribution in [0.4, 0.5) is 17.2 Å². The molecule has 2 heterocycles. The molecule has 158 valence electrons. The summed E-state index contributed by atoms with van der Waals surface area (Å²) >= 11 is 0. The highest BCUT2D eigenvalue weighted by Gasteiger charge is 2.24. The fourth-order valence-electron chi connectivity index (χ4n) is 3.80. The van der Waals surface area contributed by atoms with Gasteiger partial charge in [0.05, 0.1) is 0 Å². The Balaban J connectivity index is 1.35. The topological polar surface area (TPSA) is 56.8 Å². The summed E-state index contributed by atoms with van der Waals surface area (Å²) in [5.74, 6) is 0.874. The molecular weight excluding hydrogens is 388 g/mol. The summed E-state index contributed by atoms with van der Waals surface area (Å²) in [6.07, 6.45) is 2.16. The van der Waals surface area contributed by atoms with Gasteiger partial charge >= 0.3 is 0 Å². The first kappa shape index (κ1) is 20.6. The Morgan fingerprint density at radius 1 is 0.742 bits per heavy atom. The summed E-state index contributed by atoms with van der Waals surface area (Å²) in [4.78, 5) is 36.0. The molecule has 0 atom stereocenters. The maximum atomic E-state index is 13.1. The van der Waals surface area contributed by atoms with Crippen LogP contribution in [0.15, 0.2) is 85.1 Å². The Labute approximate surface area is 182 Å². The molecule has 0 aliphatic carbocycles. The molecule has 0 spiro atoms. The van der Waals surface area contributed by atoms with Gasteiger partial charge in [-0.25, -0.2) is 4.98 Å². The number of pyridine rings is 1. The maximum absolute atomic E-state index is 13.1. The van der Waals surface area contributed by atoms with E-state index in [0.717, 1.165) is 30.3 Å². The third kappa shape index (κ3) is 5.09. The van der Waals surface area contributed by atoms with E-state index in [1.807, 2.05) is 83.8 Å². The lowest BCUT2D eigenvalue weighted by atomic mass is 10.1. The summed E-state index contributed by atoms with van der Waals surface area (Å²) in [5.41, 5.74) is 1.60. The molecule has 0 bridgehead atoms. The number of hydrogen-bond acceptors (Lipinski definition) is 4. The SMILES string of the molecule is O=C(CCC(=O)N(c1ccccc1)c1ccccc1)N1CCN(c2ccccn2)CC1. The van der Waals surface area contributed by atoms with Crippen LogP contribution in [0.5, 0.6) is 0 Å². The number of carbonyl (C=O) groups excluding carboxylic acids is 2. The molecule has 2 amide bonds. The van der Waals surface area contributed by atoms with Crippen LogP contribution in [0.2, 0.25) is 0 Å². The Kier molecular flexibility index (Phi) is 6.57. The van der Waals surface area contributed by atoms with Gasteiger partial charge in [-0.2, -0.15) is 0 Å². The fourth-order valence-corrected chi connectivity index (χ4v) is 3.80. The number of benzene rings is 2. The predicted molar refractivity (Wildman–Crippen MR) is 122 cm³/mol. The molecule has 0 N–H and O–H groups in total. The van der Waals surface area contributed by atoms with E-state index < -0.39 is 0 Å². The second kappa shape index (κ2) is 9.89. The van der Waals surface area contributed by atoms with Crippen LogP contribution in [0.25, 0.3) is 0 Å². The highest BCUT2D eigenvalue weighted by Crippen LogP contribution is 2.26. The number of carbonyl (C=O) groups is 2. The van der Waals surface area contributed by atoms with Crippen molar-refractivity contribution in [3.05, 3.63) is 85.1 Å². The predicted octanol–water partition coefficient (Wildman–Crippen LogP) is 3.88. The van der Waals surface area contributed by atoms with Gasteiger partial charge in [0.1, 0.15) is 5.82 Å². The first-order chi connectivity index (χ1) is 15.2. The molecule has 1 aromatic heterocycles. The Hall–Kier alpha value is -3.67. The van der Waals surface area contributed by atoms with Gasteiger partial charge in [-0.3, -0.25) is 14.5 Å². The van der Waals surface area contributed by atoms with Crippen LogP contribution < -0.4 is 9.80 Å². The van der Waals surface area contributed by atoms with Crippen molar-refractivity contribution < 1.29 is 9.59 Å². The molecular formula is C25H26N4O2. The zero-order chi connectivity index (χ0) is 21.5. The average molecular weight is 415 g/mol. The number of aromatic nitrogens is 1. The number of amides is 2. The molecule has 31 heavy (non-hydrogen) atoms. The van der Waals surface area contributed by atoms with Crippen molar-refractivity contribution in [2.45, 2.75) is 12.8 Å². The van der Waals surface area contributed by atoms with Crippen molar-refractivity contribution in [3.8, 4) is 0 Å². The van der Waals surface area contributed by atoms with Gasteiger partial charge in [0, 0.05) is 56.6 Å². The molecule has 4 rings (SSSR count). The van der Waals surface area contributed by atoms with Gasteiger partial charge < -0.3 is 9.80 Å². The highest BCUT2D eigenvalue weighted by molar-refractivity contribution is 6.01. The zero-order valence-corrected chi connectivity index (χ0v) is 17.4. The van der Waals surface area contributed by atoms with Gasteiger partial charge in [0.2, 0.25) is 11.8 Å². The Morgan fingerprint density at radius 3 is 1.87 bits per heavy atom. The normalized spacial score (nSPS) is 13.7. The number of hydrogen-bond donors (Lipinski definition) is 0. The van der Waals surface area contributed by atoms with Crippen LogP contribution in [0.1, 0.15) is 12.8 Å². The van der Waals surface area contributed by atoms with E-state index in [4.69, 9.17) is 0 Å². The quantitative estimate of drug-likeness (QED) is 0.614. The lowest BCUT2D eigenvalue weighted by molar-refractivity contribution is -0.133. The van der Waals surface area contributed by atoms with Crippen molar-refractivity contribution in [1.29, 1.82) is 0 Å². The summed E-state index contributed by atoms with van der Waals surface area (Å²) in [7, 11) is 0. The van der Waals surface area contributed by atoms with Crippen LogP contribution in [-0.2, 0) is 9.59 Å². The minimum Gasteiger partial charge on any atom is -0.353 e. The molecule has 1 saturated heterocycles. The summed E-state index contributed by atoms with van der Waals surface area (Å²) in [5, 5.41) is 0. The number of piperazine rings is 1. The number of anilines is 3. The molecule has 2 aromatic carbocycles. The molecule has 1 aliphatic heterocycles. The van der Waals surface area contributed by atoms with Crippen LogP contribution in [-0.4, -0.2) is 47.9 Å². The summed E-state index contributed by atoms with van der Waals surface area (Å²) in [6.45, 7) is 2.78. The zero-order valence-electron chi connectivity index (χ0n) is 17.4. The Morgan fingerprint density at radius 2 is 1.32 bits per heavy atom. The molecule has 0 unspecified atom stereocenters. The van der Waals surface area contributed by atoms with Gasteiger partial charge in [0.15, 0.2) is 0 Å². The molecule has 6 heteroatoms. The monoisotopic (exact) mass is 414 g/mol. The van der Waals surface area contributed by atoms with E-state index in [1.54, 1.807) is 11.1 Å². The molecule has 6 nitrogen and oxygen atoms in total. The van der Waals surface area contributed by atoms with Crippen molar-refractivity contribution in [2.24, 2.45) is 0 Å². The number of para-hydroxylation sites is 2. The summed E-state index contributed by atoms with van der Waals surface area (Å²) in [6, 6.07) is 24.9. The fraction of sp³-hybridized carbons (Fsp3) is 0.240.